The summed E-state index contributed by atoms with van der Waals surface area (Å²) in [5.74, 6) is -1.91. The second-order valence-electron chi connectivity index (χ2n) is 7.29. The summed E-state index contributed by atoms with van der Waals surface area (Å²) in [6.07, 6.45) is 0.473. The Kier molecular flexibility index (Phi) is 9.41. The number of aryl methyl sites for hydroxylation is 2. The molecule has 8 nitrogen and oxygen atoms in total. The lowest BCUT2D eigenvalue weighted by molar-refractivity contribution is -0.147. The van der Waals surface area contributed by atoms with Crippen LogP contribution in [0.1, 0.15) is 47.7 Å². The first-order valence-corrected chi connectivity index (χ1v) is 10.4. The molecule has 0 spiro atoms. The summed E-state index contributed by atoms with van der Waals surface area (Å²) in [5.41, 5.74) is 3.44. The van der Waals surface area contributed by atoms with Gasteiger partial charge in [-0.1, -0.05) is 19.1 Å². The molecule has 2 aromatic rings. The van der Waals surface area contributed by atoms with E-state index in [0.717, 1.165) is 17.5 Å². The lowest BCUT2D eigenvalue weighted by atomic mass is 10.1. The monoisotopic (exact) mass is 440 g/mol. The number of anilines is 2. The molecular weight excluding hydrogens is 412 g/mol. The van der Waals surface area contributed by atoms with Crippen molar-refractivity contribution in [2.75, 3.05) is 23.8 Å². The minimum atomic E-state index is -0.648. The Labute approximate surface area is 187 Å². The van der Waals surface area contributed by atoms with Crippen molar-refractivity contribution in [1.29, 1.82) is 0 Å². The van der Waals surface area contributed by atoms with Crippen LogP contribution in [-0.2, 0) is 23.9 Å². The van der Waals surface area contributed by atoms with Gasteiger partial charge >= 0.3 is 11.9 Å². The van der Waals surface area contributed by atoms with Crippen LogP contribution in [0.3, 0.4) is 0 Å². The molecule has 0 aliphatic heterocycles. The van der Waals surface area contributed by atoms with Crippen LogP contribution < -0.4 is 10.6 Å². The van der Waals surface area contributed by atoms with E-state index in [1.54, 1.807) is 24.3 Å². The average molecular weight is 440 g/mol. The van der Waals surface area contributed by atoms with Crippen LogP contribution >= 0.6 is 0 Å². The summed E-state index contributed by atoms with van der Waals surface area (Å²) >= 11 is 0. The zero-order valence-electron chi connectivity index (χ0n) is 18.5. The van der Waals surface area contributed by atoms with E-state index >= 15 is 0 Å². The average Bonchev–Trinajstić information content (AvgIpc) is 2.77. The van der Waals surface area contributed by atoms with Crippen molar-refractivity contribution in [1.82, 2.24) is 0 Å². The fourth-order valence-corrected chi connectivity index (χ4v) is 2.68. The van der Waals surface area contributed by atoms with Gasteiger partial charge in [-0.3, -0.25) is 14.4 Å². The molecule has 0 aromatic heterocycles. The van der Waals surface area contributed by atoms with Crippen molar-refractivity contribution in [3.63, 3.8) is 0 Å². The molecular formula is C24H28N2O6. The molecule has 8 heteroatoms. The molecule has 2 rings (SSSR count). The van der Waals surface area contributed by atoms with Crippen molar-refractivity contribution >= 4 is 35.1 Å². The van der Waals surface area contributed by atoms with Crippen molar-refractivity contribution < 1.29 is 28.7 Å². The van der Waals surface area contributed by atoms with Crippen LogP contribution in [-0.4, -0.2) is 37.0 Å². The predicted molar refractivity (Wildman–Crippen MR) is 120 cm³/mol. The molecule has 0 fully saturated rings. The Morgan fingerprint density at radius 2 is 1.56 bits per heavy atom. The van der Waals surface area contributed by atoms with Crippen molar-refractivity contribution in [2.45, 2.75) is 40.0 Å². The van der Waals surface area contributed by atoms with E-state index in [0.29, 0.717) is 23.5 Å². The van der Waals surface area contributed by atoms with Crippen LogP contribution in [0.4, 0.5) is 11.4 Å². The van der Waals surface area contributed by atoms with E-state index in [4.69, 9.17) is 9.47 Å². The Balaban J connectivity index is 1.71. The second kappa shape index (κ2) is 12.2. The van der Waals surface area contributed by atoms with Crippen molar-refractivity contribution in [3.05, 3.63) is 59.2 Å². The third-order valence-corrected chi connectivity index (χ3v) is 4.43. The zero-order valence-corrected chi connectivity index (χ0v) is 18.5. The molecule has 0 saturated heterocycles. The maximum atomic E-state index is 12.0. The number of benzene rings is 2. The summed E-state index contributed by atoms with van der Waals surface area (Å²) in [4.78, 5) is 47.6. The lowest BCUT2D eigenvalue weighted by Gasteiger charge is -2.10. The molecule has 0 aliphatic carbocycles. The highest BCUT2D eigenvalue weighted by molar-refractivity contribution is 5.95. The maximum absolute atomic E-state index is 12.0. The fraction of sp³-hybridized carbons (Fsp3) is 0.333. The van der Waals surface area contributed by atoms with Gasteiger partial charge in [0.2, 0.25) is 5.91 Å². The number of carbonyl (C=O) groups is 4. The number of hydrogen-bond acceptors (Lipinski definition) is 6. The first kappa shape index (κ1) is 24.6. The normalized spacial score (nSPS) is 10.2. The summed E-state index contributed by atoms with van der Waals surface area (Å²) in [7, 11) is 0. The van der Waals surface area contributed by atoms with Gasteiger partial charge in [-0.25, -0.2) is 4.79 Å². The minimum Gasteiger partial charge on any atom is -0.462 e. The Morgan fingerprint density at radius 1 is 0.844 bits per heavy atom. The van der Waals surface area contributed by atoms with Crippen LogP contribution in [0, 0.1) is 13.8 Å². The van der Waals surface area contributed by atoms with Gasteiger partial charge in [-0.2, -0.15) is 0 Å². The summed E-state index contributed by atoms with van der Waals surface area (Å²) in [6.45, 7) is 5.61. The molecule has 0 radical (unpaired) electrons. The Bertz CT molecular complexity index is 969. The standard InChI is InChI=1S/C24H28N2O6/c1-4-13-31-24(30)18-7-9-19(10-8-18)25-21(27)11-12-23(29)32-15-22(28)26-20-14-16(2)5-6-17(20)3/h5-10,14H,4,11-13,15H2,1-3H3,(H,25,27)(H,26,28). The Morgan fingerprint density at radius 3 is 2.25 bits per heavy atom. The SMILES string of the molecule is CCCOC(=O)c1ccc(NC(=O)CCC(=O)OCC(=O)Nc2cc(C)ccc2C)cc1. The summed E-state index contributed by atoms with van der Waals surface area (Å²) < 4.78 is 9.98. The van der Waals surface area contributed by atoms with E-state index < -0.39 is 24.5 Å². The number of hydrogen-bond donors (Lipinski definition) is 2. The number of nitrogens with one attached hydrogen (secondary N) is 2. The van der Waals surface area contributed by atoms with E-state index in [-0.39, 0.29) is 18.7 Å². The molecule has 0 heterocycles. The van der Waals surface area contributed by atoms with E-state index in [1.165, 1.54) is 0 Å². The van der Waals surface area contributed by atoms with Crippen LogP contribution in [0.2, 0.25) is 0 Å². The third kappa shape index (κ3) is 8.22. The molecule has 0 unspecified atom stereocenters. The van der Waals surface area contributed by atoms with E-state index in [9.17, 15) is 19.2 Å². The van der Waals surface area contributed by atoms with Crippen molar-refractivity contribution in [2.24, 2.45) is 0 Å². The molecule has 0 aliphatic rings. The van der Waals surface area contributed by atoms with Gasteiger partial charge in [0.15, 0.2) is 6.61 Å². The third-order valence-electron chi connectivity index (χ3n) is 4.43. The fourth-order valence-electron chi connectivity index (χ4n) is 2.68. The predicted octanol–water partition coefficient (Wildman–Crippen LogP) is 3.77. The maximum Gasteiger partial charge on any atom is 0.338 e. The number of amides is 2. The van der Waals surface area contributed by atoms with E-state index in [1.807, 2.05) is 39.0 Å². The zero-order chi connectivity index (χ0) is 23.5. The van der Waals surface area contributed by atoms with Gasteiger partial charge in [0, 0.05) is 17.8 Å². The smallest absolute Gasteiger partial charge is 0.338 e. The van der Waals surface area contributed by atoms with Gasteiger partial charge in [-0.05, 0) is 61.7 Å². The molecule has 2 N–H and O–H groups in total. The number of rotatable bonds is 10. The highest BCUT2D eigenvalue weighted by Crippen LogP contribution is 2.16. The molecule has 2 aromatic carbocycles. The molecule has 2 amide bonds. The second-order valence-corrected chi connectivity index (χ2v) is 7.29. The van der Waals surface area contributed by atoms with Crippen LogP contribution in [0.5, 0.6) is 0 Å². The lowest BCUT2D eigenvalue weighted by Crippen LogP contribution is -2.22. The topological polar surface area (TPSA) is 111 Å². The number of carbonyl (C=O) groups excluding carboxylic acids is 4. The molecule has 32 heavy (non-hydrogen) atoms. The van der Waals surface area contributed by atoms with Gasteiger partial charge < -0.3 is 20.1 Å². The highest BCUT2D eigenvalue weighted by atomic mass is 16.5. The van der Waals surface area contributed by atoms with E-state index in [2.05, 4.69) is 10.6 Å². The quantitative estimate of drug-likeness (QED) is 0.544. The van der Waals surface area contributed by atoms with Gasteiger partial charge in [0.05, 0.1) is 18.6 Å². The molecule has 0 bridgehead atoms. The summed E-state index contributed by atoms with van der Waals surface area (Å²) in [5, 5.41) is 5.34. The van der Waals surface area contributed by atoms with Gasteiger partial charge in [0.25, 0.3) is 5.91 Å². The van der Waals surface area contributed by atoms with Gasteiger partial charge in [0.1, 0.15) is 0 Å². The number of esters is 2. The number of ether oxygens (including phenoxy) is 2. The minimum absolute atomic E-state index is 0.0995. The molecule has 0 saturated carbocycles. The molecule has 0 atom stereocenters. The Hall–Kier alpha value is -3.68. The largest absolute Gasteiger partial charge is 0.462 e. The first-order chi connectivity index (χ1) is 15.3. The highest BCUT2D eigenvalue weighted by Gasteiger charge is 2.12. The van der Waals surface area contributed by atoms with Crippen LogP contribution in [0.15, 0.2) is 42.5 Å². The summed E-state index contributed by atoms with van der Waals surface area (Å²) in [6, 6.07) is 11.9. The van der Waals surface area contributed by atoms with Crippen LogP contribution in [0.25, 0.3) is 0 Å². The van der Waals surface area contributed by atoms with Gasteiger partial charge in [-0.15, -0.1) is 0 Å². The van der Waals surface area contributed by atoms with Crippen molar-refractivity contribution in [3.8, 4) is 0 Å². The molecule has 170 valence electrons. The first-order valence-electron chi connectivity index (χ1n) is 10.4.